The standard InChI is InChI=1S/C19H18N2O2.H2O4S/c1-2-6-15(7-3-1)13-21-11-10-20-19(21)12-16-14-22-17-8-4-5-9-18(17)23-16;1-5(2,3)4/h1-11,16H,12-14H2;(H2,1,2,3,4). The molecule has 1 aromatic heterocycles. The average molecular weight is 404 g/mol. The predicted octanol–water partition coefficient (Wildman–Crippen LogP) is 2.66. The number of fused-ring (bicyclic) bond motifs is 1. The van der Waals surface area contributed by atoms with Crippen LogP contribution in [0.2, 0.25) is 0 Å². The Hall–Kier alpha value is -2.88. The first-order chi connectivity index (χ1) is 13.4. The predicted molar refractivity (Wildman–Crippen MR) is 102 cm³/mol. The van der Waals surface area contributed by atoms with Gasteiger partial charge in [0.2, 0.25) is 0 Å². The molecule has 1 aliphatic heterocycles. The van der Waals surface area contributed by atoms with E-state index in [2.05, 4.69) is 33.8 Å². The van der Waals surface area contributed by atoms with E-state index in [0.29, 0.717) is 6.61 Å². The van der Waals surface area contributed by atoms with E-state index in [1.807, 2.05) is 42.7 Å². The molecule has 2 aromatic carbocycles. The van der Waals surface area contributed by atoms with E-state index < -0.39 is 10.4 Å². The molecule has 0 saturated heterocycles. The summed E-state index contributed by atoms with van der Waals surface area (Å²) in [7, 11) is -4.67. The smallest absolute Gasteiger partial charge is 0.394 e. The summed E-state index contributed by atoms with van der Waals surface area (Å²) in [5, 5.41) is 0. The third-order valence-electron chi connectivity index (χ3n) is 3.98. The maximum atomic E-state index is 8.74. The lowest BCUT2D eigenvalue weighted by atomic mass is 10.2. The number of benzene rings is 2. The topological polar surface area (TPSA) is 111 Å². The fourth-order valence-corrected chi connectivity index (χ4v) is 2.82. The number of hydrogen-bond acceptors (Lipinski definition) is 5. The van der Waals surface area contributed by atoms with E-state index in [4.69, 9.17) is 27.0 Å². The molecule has 148 valence electrons. The van der Waals surface area contributed by atoms with Crippen LogP contribution >= 0.6 is 0 Å². The van der Waals surface area contributed by atoms with Crippen LogP contribution in [0.3, 0.4) is 0 Å². The van der Waals surface area contributed by atoms with E-state index in [0.717, 1.165) is 30.3 Å². The number of para-hydroxylation sites is 2. The summed E-state index contributed by atoms with van der Waals surface area (Å²) in [6.45, 7) is 1.37. The molecular formula is C19H20N2O6S. The van der Waals surface area contributed by atoms with Crippen LogP contribution in [-0.2, 0) is 23.4 Å². The molecule has 28 heavy (non-hydrogen) atoms. The first-order valence-corrected chi connectivity index (χ1v) is 9.90. The van der Waals surface area contributed by atoms with Gasteiger partial charge in [0.15, 0.2) is 11.5 Å². The Labute approximate surface area is 163 Å². The summed E-state index contributed by atoms with van der Waals surface area (Å²) >= 11 is 0. The van der Waals surface area contributed by atoms with Crippen LogP contribution in [0.4, 0.5) is 0 Å². The first kappa shape index (κ1) is 19.9. The molecule has 2 N–H and O–H groups in total. The summed E-state index contributed by atoms with van der Waals surface area (Å²) in [4.78, 5) is 4.49. The zero-order valence-electron chi connectivity index (χ0n) is 14.9. The Morgan fingerprint density at radius 2 is 1.68 bits per heavy atom. The summed E-state index contributed by atoms with van der Waals surface area (Å²) < 4.78 is 45.6. The fraction of sp³-hybridized carbons (Fsp3) is 0.211. The minimum atomic E-state index is -4.67. The van der Waals surface area contributed by atoms with Gasteiger partial charge in [0.05, 0.1) is 0 Å². The Balaban J connectivity index is 0.000000403. The van der Waals surface area contributed by atoms with Crippen molar-refractivity contribution in [3.8, 4) is 11.5 Å². The molecule has 0 bridgehead atoms. The van der Waals surface area contributed by atoms with Crippen molar-refractivity contribution in [3.05, 3.63) is 78.4 Å². The van der Waals surface area contributed by atoms with Crippen LogP contribution in [-0.4, -0.2) is 39.8 Å². The van der Waals surface area contributed by atoms with Crippen molar-refractivity contribution in [1.82, 2.24) is 9.55 Å². The molecule has 1 aliphatic rings. The van der Waals surface area contributed by atoms with Crippen molar-refractivity contribution < 1.29 is 27.0 Å². The lowest BCUT2D eigenvalue weighted by Gasteiger charge is -2.26. The van der Waals surface area contributed by atoms with Crippen molar-refractivity contribution >= 4 is 10.4 Å². The van der Waals surface area contributed by atoms with E-state index in [1.54, 1.807) is 0 Å². The third kappa shape index (κ3) is 6.08. The van der Waals surface area contributed by atoms with Gasteiger partial charge in [0, 0.05) is 25.4 Å². The maximum Gasteiger partial charge on any atom is 0.394 e. The van der Waals surface area contributed by atoms with Crippen LogP contribution in [0.25, 0.3) is 0 Å². The van der Waals surface area contributed by atoms with Crippen LogP contribution in [0.1, 0.15) is 11.4 Å². The van der Waals surface area contributed by atoms with Gasteiger partial charge in [-0.3, -0.25) is 9.11 Å². The third-order valence-corrected chi connectivity index (χ3v) is 3.98. The Kier molecular flexibility index (Phi) is 6.30. The monoisotopic (exact) mass is 404 g/mol. The highest BCUT2D eigenvalue weighted by atomic mass is 32.3. The largest absolute Gasteiger partial charge is 0.486 e. The molecule has 0 fully saturated rings. The van der Waals surface area contributed by atoms with Crippen molar-refractivity contribution in [1.29, 1.82) is 0 Å². The van der Waals surface area contributed by atoms with Gasteiger partial charge in [-0.05, 0) is 17.7 Å². The molecule has 8 nitrogen and oxygen atoms in total. The lowest BCUT2D eigenvalue weighted by molar-refractivity contribution is 0.0893. The zero-order chi connectivity index (χ0) is 20.0. The van der Waals surface area contributed by atoms with Crippen molar-refractivity contribution in [2.24, 2.45) is 0 Å². The van der Waals surface area contributed by atoms with Crippen molar-refractivity contribution in [2.75, 3.05) is 6.61 Å². The second-order valence-electron chi connectivity index (χ2n) is 6.11. The molecular weight excluding hydrogens is 384 g/mol. The van der Waals surface area contributed by atoms with Crippen LogP contribution in [0.5, 0.6) is 11.5 Å². The SMILES string of the molecule is O=S(=O)(O)O.c1ccc(Cn2ccnc2CC2COc3ccccc3O2)cc1. The molecule has 1 unspecified atom stereocenters. The Morgan fingerprint density at radius 1 is 1.04 bits per heavy atom. The van der Waals surface area contributed by atoms with Gasteiger partial charge in [-0.1, -0.05) is 42.5 Å². The first-order valence-electron chi connectivity index (χ1n) is 8.51. The average Bonchev–Trinajstić information content (AvgIpc) is 3.08. The maximum absolute atomic E-state index is 8.74. The molecule has 1 atom stereocenters. The molecule has 0 spiro atoms. The van der Waals surface area contributed by atoms with Crippen molar-refractivity contribution in [2.45, 2.75) is 19.1 Å². The Bertz CT molecular complexity index is 996. The highest BCUT2D eigenvalue weighted by molar-refractivity contribution is 7.79. The van der Waals surface area contributed by atoms with Gasteiger partial charge in [0.25, 0.3) is 0 Å². The highest BCUT2D eigenvalue weighted by Crippen LogP contribution is 2.31. The highest BCUT2D eigenvalue weighted by Gasteiger charge is 2.22. The normalized spacial score (nSPS) is 15.4. The molecule has 0 radical (unpaired) electrons. The van der Waals surface area contributed by atoms with Crippen LogP contribution in [0.15, 0.2) is 67.0 Å². The molecule has 0 saturated carbocycles. The van der Waals surface area contributed by atoms with E-state index >= 15 is 0 Å². The molecule has 0 amide bonds. The number of ether oxygens (including phenoxy) is 2. The minimum Gasteiger partial charge on any atom is -0.486 e. The van der Waals surface area contributed by atoms with Crippen LogP contribution in [0, 0.1) is 0 Å². The molecule has 3 aromatic rings. The zero-order valence-corrected chi connectivity index (χ0v) is 15.7. The minimum absolute atomic E-state index is 0.0122. The summed E-state index contributed by atoms with van der Waals surface area (Å²) in [5.41, 5.74) is 1.26. The quantitative estimate of drug-likeness (QED) is 0.643. The molecule has 9 heteroatoms. The second kappa shape index (κ2) is 8.87. The fourth-order valence-electron chi connectivity index (χ4n) is 2.82. The number of aromatic nitrogens is 2. The molecule has 2 heterocycles. The number of hydrogen-bond donors (Lipinski definition) is 2. The number of imidazole rings is 1. The van der Waals surface area contributed by atoms with Gasteiger partial charge >= 0.3 is 10.4 Å². The summed E-state index contributed by atoms with van der Waals surface area (Å²) in [6.07, 6.45) is 4.58. The van der Waals surface area contributed by atoms with Gasteiger partial charge in [0.1, 0.15) is 18.5 Å². The second-order valence-corrected chi connectivity index (χ2v) is 7.00. The van der Waals surface area contributed by atoms with E-state index in [9.17, 15) is 0 Å². The van der Waals surface area contributed by atoms with E-state index in [1.165, 1.54) is 5.56 Å². The number of rotatable bonds is 4. The summed E-state index contributed by atoms with van der Waals surface area (Å²) in [6, 6.07) is 18.2. The number of nitrogens with zero attached hydrogens (tertiary/aromatic N) is 2. The van der Waals surface area contributed by atoms with Crippen molar-refractivity contribution in [3.63, 3.8) is 0 Å². The molecule has 4 rings (SSSR count). The van der Waals surface area contributed by atoms with Gasteiger partial charge in [-0.2, -0.15) is 8.42 Å². The van der Waals surface area contributed by atoms with Crippen LogP contribution < -0.4 is 9.47 Å². The van der Waals surface area contributed by atoms with E-state index in [-0.39, 0.29) is 6.10 Å². The Morgan fingerprint density at radius 3 is 2.39 bits per heavy atom. The molecule has 0 aliphatic carbocycles. The lowest BCUT2D eigenvalue weighted by Crippen LogP contribution is -2.32. The van der Waals surface area contributed by atoms with Gasteiger partial charge in [-0.25, -0.2) is 4.98 Å². The van der Waals surface area contributed by atoms with Gasteiger partial charge < -0.3 is 14.0 Å². The summed E-state index contributed by atoms with van der Waals surface area (Å²) in [5.74, 6) is 2.64. The van der Waals surface area contributed by atoms with Gasteiger partial charge in [-0.15, -0.1) is 0 Å².